The topological polar surface area (TPSA) is 110 Å². The quantitative estimate of drug-likeness (QED) is 0.629. The van der Waals surface area contributed by atoms with Crippen LogP contribution in [0.5, 0.6) is 5.75 Å². The van der Waals surface area contributed by atoms with Gasteiger partial charge in [-0.1, -0.05) is 20.8 Å². The van der Waals surface area contributed by atoms with E-state index in [9.17, 15) is 9.59 Å². The number of hydrogen-bond acceptors (Lipinski definition) is 5. The zero-order valence-corrected chi connectivity index (χ0v) is 16.9. The Balaban J connectivity index is 2.15. The van der Waals surface area contributed by atoms with Crippen molar-refractivity contribution in [3.8, 4) is 16.9 Å². The molecule has 0 saturated heterocycles. The Morgan fingerprint density at radius 3 is 2.55 bits per heavy atom. The van der Waals surface area contributed by atoms with Crippen LogP contribution in [0, 0.1) is 0 Å². The Hall–Kier alpha value is -3.61. The normalized spacial score (nSPS) is 11.2. The number of hydrogen-bond donors (Lipinski definition) is 3. The number of nitrogens with two attached hydrogens (primary N) is 1. The molecule has 4 N–H and O–H groups in total. The van der Waals surface area contributed by atoms with Crippen LogP contribution in [0.2, 0.25) is 0 Å². The number of aromatic nitrogens is 2. The fraction of sp³-hybridized carbons (Fsp3) is 0.227. The van der Waals surface area contributed by atoms with Crippen LogP contribution in [0.3, 0.4) is 0 Å². The summed E-state index contributed by atoms with van der Waals surface area (Å²) in [4.78, 5) is 31.7. The number of nitrogens with one attached hydrogen (secondary N) is 2. The molecule has 7 nitrogen and oxygen atoms in total. The van der Waals surface area contributed by atoms with Gasteiger partial charge in [-0.25, -0.2) is 4.98 Å². The van der Waals surface area contributed by atoms with E-state index < -0.39 is 0 Å². The van der Waals surface area contributed by atoms with Gasteiger partial charge in [-0.05, 0) is 47.4 Å². The number of H-pyrrole nitrogens is 1. The number of benzene rings is 1. The van der Waals surface area contributed by atoms with E-state index in [1.54, 1.807) is 43.6 Å². The number of nitrogens with zero attached hydrogens (tertiary/aromatic N) is 1. The molecule has 0 unspecified atom stereocenters. The minimum atomic E-state index is -0.352. The lowest BCUT2D eigenvalue weighted by molar-refractivity contribution is 0.102. The smallest absolute Gasteiger partial charge is 0.257 e. The van der Waals surface area contributed by atoms with Crippen molar-refractivity contribution in [3.05, 3.63) is 70.3 Å². The van der Waals surface area contributed by atoms with Crippen LogP contribution in [0.25, 0.3) is 11.1 Å². The van der Waals surface area contributed by atoms with E-state index in [2.05, 4.69) is 15.3 Å². The number of methoxy groups -OCH3 is 1. The van der Waals surface area contributed by atoms with Crippen molar-refractivity contribution in [1.29, 1.82) is 0 Å². The zero-order chi connectivity index (χ0) is 21.2. The lowest BCUT2D eigenvalue weighted by Crippen LogP contribution is -2.18. The summed E-state index contributed by atoms with van der Waals surface area (Å²) in [5.74, 6) is 0.527. The number of anilines is 2. The largest absolute Gasteiger partial charge is 0.494 e. The molecule has 0 radical (unpaired) electrons. The molecule has 0 bridgehead atoms. The predicted molar refractivity (Wildman–Crippen MR) is 114 cm³/mol. The summed E-state index contributed by atoms with van der Waals surface area (Å²) in [5, 5.41) is 2.88. The Morgan fingerprint density at radius 1 is 1.21 bits per heavy atom. The van der Waals surface area contributed by atoms with Crippen LogP contribution in [-0.2, 0) is 5.41 Å². The molecule has 3 aromatic rings. The third-order valence-electron chi connectivity index (χ3n) is 4.53. The lowest BCUT2D eigenvalue weighted by atomic mass is 9.84. The fourth-order valence-corrected chi connectivity index (χ4v) is 3.04. The van der Waals surface area contributed by atoms with Crippen molar-refractivity contribution in [2.75, 3.05) is 18.2 Å². The van der Waals surface area contributed by atoms with Crippen LogP contribution in [0.1, 0.15) is 36.7 Å². The van der Waals surface area contributed by atoms with E-state index >= 15 is 0 Å². The average Bonchev–Trinajstić information content (AvgIpc) is 2.67. The lowest BCUT2D eigenvalue weighted by Gasteiger charge is -2.25. The minimum absolute atomic E-state index is 0.211. The highest BCUT2D eigenvalue weighted by Crippen LogP contribution is 2.40. The molecule has 0 atom stereocenters. The molecule has 7 heteroatoms. The number of pyridine rings is 2. The molecule has 0 saturated carbocycles. The molecule has 29 heavy (non-hydrogen) atoms. The highest BCUT2D eigenvalue weighted by atomic mass is 16.5. The number of rotatable bonds is 4. The molecule has 150 valence electrons. The number of amides is 1. The molecule has 0 aliphatic carbocycles. The van der Waals surface area contributed by atoms with Gasteiger partial charge in [0.1, 0.15) is 11.6 Å². The van der Waals surface area contributed by atoms with Gasteiger partial charge in [-0.2, -0.15) is 0 Å². The number of ether oxygens (including phenoxy) is 1. The second-order valence-corrected chi connectivity index (χ2v) is 7.69. The molecule has 0 spiro atoms. The summed E-state index contributed by atoms with van der Waals surface area (Å²) in [6.07, 6.45) is 2.99. The second-order valence-electron chi connectivity index (χ2n) is 7.69. The van der Waals surface area contributed by atoms with Crippen molar-refractivity contribution in [2.45, 2.75) is 26.2 Å². The highest BCUT2D eigenvalue weighted by molar-refractivity contribution is 6.05. The number of nitrogen functional groups attached to an aromatic ring is 1. The summed E-state index contributed by atoms with van der Waals surface area (Å²) < 4.78 is 5.64. The molecule has 3 rings (SSSR count). The van der Waals surface area contributed by atoms with Crippen LogP contribution < -0.4 is 21.3 Å². The average molecular weight is 392 g/mol. The summed E-state index contributed by atoms with van der Waals surface area (Å²) >= 11 is 0. The molecule has 2 aromatic heterocycles. The van der Waals surface area contributed by atoms with E-state index in [-0.39, 0.29) is 16.9 Å². The van der Waals surface area contributed by atoms with E-state index in [0.717, 1.165) is 5.56 Å². The molecule has 2 heterocycles. The van der Waals surface area contributed by atoms with Gasteiger partial charge in [0.15, 0.2) is 0 Å². The number of carbonyl (C=O) groups excluding carboxylic acids is 1. The molecular formula is C22H24N4O3. The molecule has 1 amide bonds. The maximum absolute atomic E-state index is 12.8. The first-order chi connectivity index (χ1) is 13.7. The fourth-order valence-electron chi connectivity index (χ4n) is 3.04. The van der Waals surface area contributed by atoms with Crippen molar-refractivity contribution in [3.63, 3.8) is 0 Å². The van der Waals surface area contributed by atoms with Crippen LogP contribution in [0.4, 0.5) is 11.5 Å². The monoisotopic (exact) mass is 392 g/mol. The summed E-state index contributed by atoms with van der Waals surface area (Å²) in [6.45, 7) is 6.12. The van der Waals surface area contributed by atoms with Crippen molar-refractivity contribution >= 4 is 17.4 Å². The minimum Gasteiger partial charge on any atom is -0.494 e. The predicted octanol–water partition coefficient (Wildman–Crippen LogP) is 3.58. The third kappa shape index (κ3) is 4.29. The summed E-state index contributed by atoms with van der Waals surface area (Å²) in [6, 6.07) is 10.3. The first-order valence-electron chi connectivity index (χ1n) is 9.14. The SMILES string of the molecule is COc1c(NC(=O)c2ccc(N)nc2)cc(-c2ccc[nH]c2=O)cc1C(C)(C)C. The van der Waals surface area contributed by atoms with Gasteiger partial charge < -0.3 is 20.8 Å². The van der Waals surface area contributed by atoms with Crippen molar-refractivity contribution in [2.24, 2.45) is 0 Å². The Labute approximate surface area is 169 Å². The maximum atomic E-state index is 12.8. The van der Waals surface area contributed by atoms with E-state index in [1.807, 2.05) is 26.8 Å². The molecule has 1 aromatic carbocycles. The molecule has 0 aliphatic heterocycles. The van der Waals surface area contributed by atoms with E-state index in [1.165, 1.54) is 6.20 Å². The van der Waals surface area contributed by atoms with E-state index in [4.69, 9.17) is 10.5 Å². The summed E-state index contributed by atoms with van der Waals surface area (Å²) in [5.41, 5.74) is 7.99. The molecular weight excluding hydrogens is 368 g/mol. The Morgan fingerprint density at radius 2 is 1.97 bits per heavy atom. The van der Waals surface area contributed by atoms with Crippen LogP contribution >= 0.6 is 0 Å². The van der Waals surface area contributed by atoms with Gasteiger partial charge in [0, 0.05) is 23.5 Å². The van der Waals surface area contributed by atoms with Gasteiger partial charge >= 0.3 is 0 Å². The van der Waals surface area contributed by atoms with Gasteiger partial charge in [0.25, 0.3) is 11.5 Å². The highest BCUT2D eigenvalue weighted by Gasteiger charge is 2.24. The van der Waals surface area contributed by atoms with Crippen molar-refractivity contribution < 1.29 is 9.53 Å². The molecule has 0 aliphatic rings. The van der Waals surface area contributed by atoms with Gasteiger partial charge in [0.05, 0.1) is 18.4 Å². The Bertz CT molecular complexity index is 1100. The van der Waals surface area contributed by atoms with E-state index in [0.29, 0.717) is 33.9 Å². The van der Waals surface area contributed by atoms with Crippen molar-refractivity contribution in [1.82, 2.24) is 9.97 Å². The first kappa shape index (κ1) is 20.1. The number of aromatic amines is 1. The third-order valence-corrected chi connectivity index (χ3v) is 4.53. The van der Waals surface area contributed by atoms with Gasteiger partial charge in [-0.3, -0.25) is 9.59 Å². The standard InChI is InChI=1S/C22H24N4O3/c1-22(2,3)16-10-14(15-6-5-9-24-21(15)28)11-17(19(16)29-4)26-20(27)13-7-8-18(23)25-12-13/h5-12H,1-4H3,(H2,23,25)(H,24,28)(H,26,27). The number of carbonyl (C=O) groups is 1. The van der Waals surface area contributed by atoms with Crippen LogP contribution in [-0.4, -0.2) is 23.0 Å². The first-order valence-corrected chi connectivity index (χ1v) is 9.14. The molecule has 0 fully saturated rings. The maximum Gasteiger partial charge on any atom is 0.257 e. The van der Waals surface area contributed by atoms with Crippen LogP contribution in [0.15, 0.2) is 53.6 Å². The summed E-state index contributed by atoms with van der Waals surface area (Å²) in [7, 11) is 1.56. The Kier molecular flexibility index (Phi) is 5.41. The zero-order valence-electron chi connectivity index (χ0n) is 16.9. The van der Waals surface area contributed by atoms with Gasteiger partial charge in [-0.15, -0.1) is 0 Å². The second kappa shape index (κ2) is 7.79. The van der Waals surface area contributed by atoms with Gasteiger partial charge in [0.2, 0.25) is 0 Å².